The highest BCUT2D eigenvalue weighted by Gasteiger charge is 2.26. The van der Waals surface area contributed by atoms with Crippen molar-refractivity contribution in [2.75, 3.05) is 33.3 Å². The predicted molar refractivity (Wildman–Crippen MR) is 101 cm³/mol. The van der Waals surface area contributed by atoms with Crippen LogP contribution in [-0.4, -0.2) is 54.9 Å². The molecule has 27 heavy (non-hydrogen) atoms. The number of halogens is 2. The summed E-state index contributed by atoms with van der Waals surface area (Å²) in [4.78, 5) is 28.6. The van der Waals surface area contributed by atoms with E-state index in [0.29, 0.717) is 43.1 Å². The van der Waals surface area contributed by atoms with Crippen LogP contribution in [0.3, 0.4) is 0 Å². The van der Waals surface area contributed by atoms with Gasteiger partial charge in [-0.1, -0.05) is 29.8 Å². The molecule has 5 nitrogen and oxygen atoms in total. The molecule has 2 amide bonds. The first-order valence-electron chi connectivity index (χ1n) is 8.63. The summed E-state index contributed by atoms with van der Waals surface area (Å²) >= 11 is 6.00. The molecule has 0 bridgehead atoms. The summed E-state index contributed by atoms with van der Waals surface area (Å²) in [6, 6.07) is 11.1. The van der Waals surface area contributed by atoms with E-state index in [9.17, 15) is 14.0 Å². The minimum Gasteiger partial charge on any atom is -0.496 e. The van der Waals surface area contributed by atoms with Gasteiger partial charge in [-0.2, -0.15) is 0 Å². The first kappa shape index (κ1) is 19.2. The third-order valence-electron chi connectivity index (χ3n) is 4.61. The largest absolute Gasteiger partial charge is 0.496 e. The number of ether oxygens (including phenoxy) is 1. The second-order valence-electron chi connectivity index (χ2n) is 6.29. The Morgan fingerprint density at radius 1 is 1.07 bits per heavy atom. The summed E-state index contributed by atoms with van der Waals surface area (Å²) in [5, 5.41) is 0.244. The van der Waals surface area contributed by atoms with Crippen LogP contribution < -0.4 is 4.74 Å². The van der Waals surface area contributed by atoms with Gasteiger partial charge in [0.15, 0.2) is 0 Å². The maximum Gasteiger partial charge on any atom is 0.257 e. The molecule has 0 aromatic heterocycles. The Labute approximate surface area is 162 Å². The Morgan fingerprint density at radius 3 is 2.41 bits per heavy atom. The fraction of sp³-hybridized carbons (Fsp3) is 0.300. The molecule has 2 aromatic carbocycles. The van der Waals surface area contributed by atoms with Crippen LogP contribution in [0, 0.1) is 5.82 Å². The van der Waals surface area contributed by atoms with Crippen molar-refractivity contribution in [2.45, 2.75) is 6.42 Å². The summed E-state index contributed by atoms with van der Waals surface area (Å²) in [6.07, 6.45) is 0.111. The Morgan fingerprint density at radius 2 is 1.74 bits per heavy atom. The molecule has 0 N–H and O–H groups in total. The van der Waals surface area contributed by atoms with Gasteiger partial charge in [-0.25, -0.2) is 4.39 Å². The zero-order valence-corrected chi connectivity index (χ0v) is 15.7. The monoisotopic (exact) mass is 390 g/mol. The molecule has 0 unspecified atom stereocenters. The topological polar surface area (TPSA) is 49.9 Å². The molecule has 0 atom stereocenters. The van der Waals surface area contributed by atoms with Gasteiger partial charge in [0, 0.05) is 31.2 Å². The Kier molecular flexibility index (Phi) is 5.96. The summed E-state index contributed by atoms with van der Waals surface area (Å²) in [5.41, 5.74) is 1.11. The quantitative estimate of drug-likeness (QED) is 0.806. The van der Waals surface area contributed by atoms with E-state index in [-0.39, 0.29) is 23.3 Å². The molecule has 1 heterocycles. The molecule has 1 saturated heterocycles. The van der Waals surface area contributed by atoms with Gasteiger partial charge in [-0.15, -0.1) is 0 Å². The summed E-state index contributed by atoms with van der Waals surface area (Å²) in [7, 11) is 1.53. The molecule has 0 spiro atoms. The van der Waals surface area contributed by atoms with Gasteiger partial charge in [0.2, 0.25) is 5.91 Å². The molecule has 1 fully saturated rings. The van der Waals surface area contributed by atoms with E-state index in [1.807, 2.05) is 6.07 Å². The van der Waals surface area contributed by atoms with Crippen LogP contribution in [-0.2, 0) is 11.2 Å². The Hall–Kier alpha value is -2.60. The van der Waals surface area contributed by atoms with Gasteiger partial charge in [-0.05, 0) is 29.8 Å². The zero-order chi connectivity index (χ0) is 19.4. The van der Waals surface area contributed by atoms with Crippen molar-refractivity contribution in [3.8, 4) is 5.75 Å². The molecule has 142 valence electrons. The summed E-state index contributed by atoms with van der Waals surface area (Å²) in [5.74, 6) is -0.0966. The lowest BCUT2D eigenvalue weighted by molar-refractivity contribution is -0.131. The molecule has 0 radical (unpaired) electrons. The van der Waals surface area contributed by atoms with Crippen LogP contribution in [0.25, 0.3) is 0 Å². The van der Waals surface area contributed by atoms with E-state index < -0.39 is 5.82 Å². The number of carbonyl (C=O) groups excluding carboxylic acids is 2. The molecular formula is C20H20ClFN2O3. The van der Waals surface area contributed by atoms with Crippen molar-refractivity contribution in [3.05, 3.63) is 64.4 Å². The van der Waals surface area contributed by atoms with E-state index in [1.165, 1.54) is 25.3 Å². The number of benzene rings is 2. The van der Waals surface area contributed by atoms with Crippen molar-refractivity contribution in [3.63, 3.8) is 0 Å². The van der Waals surface area contributed by atoms with E-state index in [4.69, 9.17) is 16.3 Å². The average molecular weight is 391 g/mol. The lowest BCUT2D eigenvalue weighted by Gasteiger charge is -2.35. The smallest absolute Gasteiger partial charge is 0.257 e. The molecule has 7 heteroatoms. The summed E-state index contributed by atoms with van der Waals surface area (Å²) in [6.45, 7) is 1.77. The van der Waals surface area contributed by atoms with Crippen LogP contribution in [0.15, 0.2) is 42.5 Å². The van der Waals surface area contributed by atoms with Crippen LogP contribution in [0.5, 0.6) is 5.75 Å². The van der Waals surface area contributed by atoms with Gasteiger partial charge in [0.1, 0.15) is 11.6 Å². The number of hydrogen-bond donors (Lipinski definition) is 0. The summed E-state index contributed by atoms with van der Waals surface area (Å²) < 4.78 is 18.4. The first-order chi connectivity index (χ1) is 13.0. The van der Waals surface area contributed by atoms with E-state index >= 15 is 0 Å². The lowest BCUT2D eigenvalue weighted by Crippen LogP contribution is -2.51. The zero-order valence-electron chi connectivity index (χ0n) is 15.0. The minimum absolute atomic E-state index is 0.0899. The van der Waals surface area contributed by atoms with Crippen LogP contribution in [0.2, 0.25) is 5.02 Å². The van der Waals surface area contributed by atoms with Crippen LogP contribution in [0.4, 0.5) is 4.39 Å². The SMILES string of the molecule is COc1ccccc1C(=O)N1CCN(C(=O)Cc2ccc(F)cc2Cl)CC1. The first-order valence-corrected chi connectivity index (χ1v) is 9.01. The molecule has 0 saturated carbocycles. The van der Waals surface area contributed by atoms with Crippen molar-refractivity contribution < 1.29 is 18.7 Å². The molecule has 0 aliphatic carbocycles. The number of nitrogens with zero attached hydrogens (tertiary/aromatic N) is 2. The van der Waals surface area contributed by atoms with Gasteiger partial charge in [-0.3, -0.25) is 9.59 Å². The van der Waals surface area contributed by atoms with Crippen molar-refractivity contribution >= 4 is 23.4 Å². The Bertz CT molecular complexity index is 851. The lowest BCUT2D eigenvalue weighted by atomic mass is 10.1. The van der Waals surface area contributed by atoms with Crippen LogP contribution >= 0.6 is 11.6 Å². The van der Waals surface area contributed by atoms with Gasteiger partial charge in [0.05, 0.1) is 19.1 Å². The fourth-order valence-electron chi connectivity index (χ4n) is 3.09. The van der Waals surface area contributed by atoms with Gasteiger partial charge < -0.3 is 14.5 Å². The van der Waals surface area contributed by atoms with Crippen molar-refractivity contribution in [1.29, 1.82) is 0 Å². The fourth-order valence-corrected chi connectivity index (χ4v) is 3.32. The third-order valence-corrected chi connectivity index (χ3v) is 4.97. The van der Waals surface area contributed by atoms with Crippen molar-refractivity contribution in [2.24, 2.45) is 0 Å². The molecular weight excluding hydrogens is 371 g/mol. The molecule has 3 rings (SSSR count). The number of rotatable bonds is 4. The number of methoxy groups -OCH3 is 1. The second-order valence-corrected chi connectivity index (χ2v) is 6.69. The average Bonchev–Trinajstić information content (AvgIpc) is 2.69. The second kappa shape index (κ2) is 8.39. The number of carbonyl (C=O) groups is 2. The number of para-hydroxylation sites is 1. The predicted octanol–water partition coefficient (Wildman–Crippen LogP) is 3.01. The normalized spacial score (nSPS) is 14.2. The van der Waals surface area contributed by atoms with Crippen LogP contribution in [0.1, 0.15) is 15.9 Å². The molecule has 2 aromatic rings. The molecule has 1 aliphatic rings. The van der Waals surface area contributed by atoms with E-state index in [1.54, 1.807) is 28.0 Å². The standard InChI is InChI=1S/C20H20ClFN2O3/c1-27-18-5-3-2-4-16(18)20(26)24-10-8-23(9-11-24)19(25)12-14-6-7-15(22)13-17(14)21/h2-7,13H,8-12H2,1H3. The highest BCUT2D eigenvalue weighted by molar-refractivity contribution is 6.31. The third kappa shape index (κ3) is 4.39. The van der Waals surface area contributed by atoms with E-state index in [2.05, 4.69) is 0 Å². The highest BCUT2D eigenvalue weighted by Crippen LogP contribution is 2.21. The maximum absolute atomic E-state index is 13.1. The minimum atomic E-state index is -0.431. The van der Waals surface area contributed by atoms with Gasteiger partial charge >= 0.3 is 0 Å². The highest BCUT2D eigenvalue weighted by atomic mass is 35.5. The maximum atomic E-state index is 13.1. The van der Waals surface area contributed by atoms with E-state index in [0.717, 1.165) is 0 Å². The number of hydrogen-bond acceptors (Lipinski definition) is 3. The van der Waals surface area contributed by atoms with Crippen molar-refractivity contribution in [1.82, 2.24) is 9.80 Å². The molecule has 1 aliphatic heterocycles. The Balaban J connectivity index is 1.59. The number of amides is 2. The van der Waals surface area contributed by atoms with Gasteiger partial charge in [0.25, 0.3) is 5.91 Å². The number of piperazine rings is 1.